The summed E-state index contributed by atoms with van der Waals surface area (Å²) in [6.45, 7) is 4.28. The first-order chi connectivity index (χ1) is 4.83. The van der Waals surface area contributed by atoms with E-state index in [4.69, 9.17) is 9.84 Å². The van der Waals surface area contributed by atoms with E-state index in [0.717, 1.165) is 19.6 Å². The summed E-state index contributed by atoms with van der Waals surface area (Å²) in [4.78, 5) is 0. The third-order valence-corrected chi connectivity index (χ3v) is 1.75. The summed E-state index contributed by atoms with van der Waals surface area (Å²) in [5, 5.41) is 12.3. The summed E-state index contributed by atoms with van der Waals surface area (Å²) >= 11 is 0. The van der Waals surface area contributed by atoms with E-state index in [-0.39, 0.29) is 6.10 Å². The molecule has 0 bridgehead atoms. The summed E-state index contributed by atoms with van der Waals surface area (Å²) in [6.07, 6.45) is 0.626. The predicted octanol–water partition coefficient (Wildman–Crippen LogP) is -0.254. The second-order valence-electron chi connectivity index (χ2n) is 2.70. The van der Waals surface area contributed by atoms with E-state index < -0.39 is 0 Å². The number of hydrogen-bond acceptors (Lipinski definition) is 3. The molecule has 3 heteroatoms. The molecule has 60 valence electrons. The van der Waals surface area contributed by atoms with Crippen molar-refractivity contribution in [1.82, 2.24) is 5.32 Å². The fraction of sp³-hybridized carbons (Fsp3) is 1.00. The molecule has 2 N–H and O–H groups in total. The molecule has 1 aliphatic heterocycles. The number of ether oxygens (including phenoxy) is 1. The highest BCUT2D eigenvalue weighted by Gasteiger charge is 2.17. The van der Waals surface area contributed by atoms with Gasteiger partial charge in [-0.1, -0.05) is 6.92 Å². The van der Waals surface area contributed by atoms with Crippen LogP contribution in [0.15, 0.2) is 0 Å². The third-order valence-electron chi connectivity index (χ3n) is 1.75. The van der Waals surface area contributed by atoms with Gasteiger partial charge in [0.1, 0.15) is 0 Å². The third kappa shape index (κ3) is 2.25. The lowest BCUT2D eigenvalue weighted by Gasteiger charge is -2.27. The highest BCUT2D eigenvalue weighted by molar-refractivity contribution is 4.73. The van der Waals surface area contributed by atoms with Crippen molar-refractivity contribution in [3.05, 3.63) is 0 Å². The molecule has 0 saturated carbocycles. The normalized spacial score (nSPS) is 22.2. The van der Waals surface area contributed by atoms with E-state index in [1.54, 1.807) is 0 Å². The van der Waals surface area contributed by atoms with Gasteiger partial charge >= 0.3 is 0 Å². The summed E-state index contributed by atoms with van der Waals surface area (Å²) < 4.78 is 4.96. The van der Waals surface area contributed by atoms with Crippen molar-refractivity contribution in [2.45, 2.75) is 25.5 Å². The maximum Gasteiger partial charge on any atom is 0.0662 e. The number of aliphatic hydroxyl groups excluding tert-OH is 1. The second-order valence-corrected chi connectivity index (χ2v) is 2.70. The van der Waals surface area contributed by atoms with Crippen LogP contribution in [-0.2, 0) is 4.74 Å². The summed E-state index contributed by atoms with van der Waals surface area (Å²) in [6, 6.07) is 0.487. The molecule has 10 heavy (non-hydrogen) atoms. The number of nitrogens with one attached hydrogen (secondary N) is 1. The Labute approximate surface area is 61.4 Å². The van der Waals surface area contributed by atoms with Gasteiger partial charge in [-0.05, 0) is 6.42 Å². The molecule has 0 radical (unpaired) electrons. The minimum atomic E-state index is -0.194. The summed E-state index contributed by atoms with van der Waals surface area (Å²) in [5.41, 5.74) is 0. The Balaban J connectivity index is 1.93. The molecule has 0 aromatic carbocycles. The standard InChI is InChI=1S/C7H15NO2/c1-2-7(9)3-8-6-4-10-5-6/h6-9H,2-5H2,1H3/t7-/m0/s1. The van der Waals surface area contributed by atoms with Gasteiger partial charge in [-0.15, -0.1) is 0 Å². The van der Waals surface area contributed by atoms with Gasteiger partial charge in [-0.2, -0.15) is 0 Å². The van der Waals surface area contributed by atoms with Crippen LogP contribution in [0.25, 0.3) is 0 Å². The molecule has 1 aliphatic rings. The van der Waals surface area contributed by atoms with Crippen LogP contribution in [0, 0.1) is 0 Å². The molecule has 0 aliphatic carbocycles. The molecule has 0 aromatic rings. The maximum absolute atomic E-state index is 9.12. The monoisotopic (exact) mass is 145 g/mol. The Morgan fingerprint density at radius 2 is 2.40 bits per heavy atom. The molecule has 1 atom stereocenters. The predicted molar refractivity (Wildman–Crippen MR) is 38.9 cm³/mol. The molecule has 1 fully saturated rings. The van der Waals surface area contributed by atoms with Gasteiger partial charge in [-0.25, -0.2) is 0 Å². The van der Waals surface area contributed by atoms with Crippen LogP contribution in [0.1, 0.15) is 13.3 Å². The number of rotatable bonds is 4. The quantitative estimate of drug-likeness (QED) is 0.573. The van der Waals surface area contributed by atoms with E-state index in [9.17, 15) is 0 Å². The van der Waals surface area contributed by atoms with Crippen LogP contribution >= 0.6 is 0 Å². The first-order valence-electron chi connectivity index (χ1n) is 3.82. The lowest BCUT2D eigenvalue weighted by atomic mass is 10.2. The molecule has 1 rings (SSSR count). The zero-order chi connectivity index (χ0) is 7.40. The van der Waals surface area contributed by atoms with Crippen molar-refractivity contribution >= 4 is 0 Å². The van der Waals surface area contributed by atoms with Gasteiger partial charge in [-0.3, -0.25) is 0 Å². The SMILES string of the molecule is CC[C@H](O)CNC1COC1. The van der Waals surface area contributed by atoms with E-state index >= 15 is 0 Å². The van der Waals surface area contributed by atoms with Gasteiger partial charge < -0.3 is 15.2 Å². The van der Waals surface area contributed by atoms with Crippen molar-refractivity contribution in [2.75, 3.05) is 19.8 Å². The Morgan fingerprint density at radius 3 is 2.80 bits per heavy atom. The minimum Gasteiger partial charge on any atom is -0.392 e. The van der Waals surface area contributed by atoms with E-state index in [2.05, 4.69) is 5.32 Å². The average molecular weight is 145 g/mol. The fourth-order valence-corrected chi connectivity index (χ4v) is 0.801. The highest BCUT2D eigenvalue weighted by atomic mass is 16.5. The fourth-order valence-electron chi connectivity index (χ4n) is 0.801. The molecular weight excluding hydrogens is 130 g/mol. The lowest BCUT2D eigenvalue weighted by molar-refractivity contribution is -0.00981. The van der Waals surface area contributed by atoms with Crippen molar-refractivity contribution < 1.29 is 9.84 Å². The molecule has 0 amide bonds. The lowest BCUT2D eigenvalue weighted by Crippen LogP contribution is -2.48. The van der Waals surface area contributed by atoms with Gasteiger partial charge in [0.25, 0.3) is 0 Å². The number of hydrogen-bond donors (Lipinski definition) is 2. The smallest absolute Gasteiger partial charge is 0.0662 e. The topological polar surface area (TPSA) is 41.5 Å². The first-order valence-corrected chi connectivity index (χ1v) is 3.82. The highest BCUT2D eigenvalue weighted by Crippen LogP contribution is 1.99. The maximum atomic E-state index is 9.12. The summed E-state index contributed by atoms with van der Waals surface area (Å²) in [7, 11) is 0. The second kappa shape index (κ2) is 3.91. The molecule has 1 heterocycles. The van der Waals surface area contributed by atoms with Gasteiger partial charge in [0, 0.05) is 6.54 Å². The number of aliphatic hydroxyl groups is 1. The van der Waals surface area contributed by atoms with E-state index in [0.29, 0.717) is 12.6 Å². The molecule has 0 aromatic heterocycles. The van der Waals surface area contributed by atoms with Gasteiger partial charge in [0.05, 0.1) is 25.4 Å². The molecule has 0 spiro atoms. The van der Waals surface area contributed by atoms with Crippen LogP contribution in [0.5, 0.6) is 0 Å². The van der Waals surface area contributed by atoms with E-state index in [1.165, 1.54) is 0 Å². The van der Waals surface area contributed by atoms with Crippen LogP contribution in [0.2, 0.25) is 0 Å². The Kier molecular flexibility index (Phi) is 3.12. The van der Waals surface area contributed by atoms with Crippen LogP contribution in [0.3, 0.4) is 0 Å². The molecular formula is C7H15NO2. The molecule has 3 nitrogen and oxygen atoms in total. The van der Waals surface area contributed by atoms with Crippen molar-refractivity contribution in [3.8, 4) is 0 Å². The Morgan fingerprint density at radius 1 is 1.70 bits per heavy atom. The summed E-state index contributed by atoms with van der Waals surface area (Å²) in [5.74, 6) is 0. The largest absolute Gasteiger partial charge is 0.392 e. The van der Waals surface area contributed by atoms with Crippen molar-refractivity contribution in [1.29, 1.82) is 0 Å². The zero-order valence-corrected chi connectivity index (χ0v) is 6.34. The molecule has 1 saturated heterocycles. The Hall–Kier alpha value is -0.120. The average Bonchev–Trinajstić information content (AvgIpc) is 1.84. The van der Waals surface area contributed by atoms with E-state index in [1.807, 2.05) is 6.92 Å². The van der Waals surface area contributed by atoms with Crippen LogP contribution in [-0.4, -0.2) is 37.0 Å². The van der Waals surface area contributed by atoms with Crippen LogP contribution < -0.4 is 5.32 Å². The Bertz CT molecular complexity index is 88.9. The van der Waals surface area contributed by atoms with Gasteiger partial charge in [0.15, 0.2) is 0 Å². The first kappa shape index (κ1) is 7.98. The van der Waals surface area contributed by atoms with Crippen LogP contribution in [0.4, 0.5) is 0 Å². The minimum absolute atomic E-state index is 0.194. The zero-order valence-electron chi connectivity index (χ0n) is 6.34. The van der Waals surface area contributed by atoms with Crippen molar-refractivity contribution in [3.63, 3.8) is 0 Å². The van der Waals surface area contributed by atoms with Gasteiger partial charge in [0.2, 0.25) is 0 Å². The molecule has 0 unspecified atom stereocenters. The van der Waals surface area contributed by atoms with Crippen molar-refractivity contribution in [2.24, 2.45) is 0 Å².